The van der Waals surface area contributed by atoms with Gasteiger partial charge in [-0.15, -0.1) is 5.10 Å². The minimum atomic E-state index is -0.535. The van der Waals surface area contributed by atoms with Gasteiger partial charge in [0.1, 0.15) is 6.04 Å². The molecule has 0 aliphatic carbocycles. The fraction of sp³-hybridized carbons (Fsp3) is 0.250. The lowest BCUT2D eigenvalue weighted by atomic mass is 9.95. The van der Waals surface area contributed by atoms with Crippen LogP contribution < -0.4 is 16.0 Å². The maximum absolute atomic E-state index is 12.3. The zero-order valence-electron chi connectivity index (χ0n) is 18.3. The van der Waals surface area contributed by atoms with Gasteiger partial charge < -0.3 is 16.0 Å². The second kappa shape index (κ2) is 8.55. The number of carbonyl (C=O) groups is 1. The first-order chi connectivity index (χ1) is 15.5. The number of anilines is 2. The Morgan fingerprint density at radius 2 is 1.81 bits per heavy atom. The van der Waals surface area contributed by atoms with Gasteiger partial charge in [-0.1, -0.05) is 12.1 Å². The molecule has 8 nitrogen and oxygen atoms in total. The summed E-state index contributed by atoms with van der Waals surface area (Å²) in [6.07, 6.45) is 0. The third-order valence-electron chi connectivity index (χ3n) is 5.73. The number of carbonyl (C=O) groups excluding carboxylic acids is 1. The van der Waals surface area contributed by atoms with Crippen LogP contribution in [0.1, 0.15) is 37.9 Å². The van der Waals surface area contributed by atoms with E-state index >= 15 is 0 Å². The average molecular weight is 428 g/mol. The summed E-state index contributed by atoms with van der Waals surface area (Å²) in [4.78, 5) is 19.3. The van der Waals surface area contributed by atoms with Gasteiger partial charge in [-0.2, -0.15) is 10.2 Å². The van der Waals surface area contributed by atoms with Crippen LogP contribution in [0.2, 0.25) is 0 Å². The molecular formula is C24H25N7O. The zero-order valence-corrected chi connectivity index (χ0v) is 18.3. The molecule has 1 aliphatic rings. The van der Waals surface area contributed by atoms with Crippen LogP contribution >= 0.6 is 0 Å². The van der Waals surface area contributed by atoms with Crippen LogP contribution in [0.5, 0.6) is 0 Å². The predicted molar refractivity (Wildman–Crippen MR) is 124 cm³/mol. The zero-order chi connectivity index (χ0) is 22.8. The SMILES string of the molecule is CCN(CC)c1ccc(-c2nc3n(n2)C(c2ccc(C#N)cc2)C(C(N)=O)=C(C)N3)cc1. The summed E-state index contributed by atoms with van der Waals surface area (Å²) < 4.78 is 1.68. The van der Waals surface area contributed by atoms with Gasteiger partial charge >= 0.3 is 0 Å². The Morgan fingerprint density at radius 3 is 2.38 bits per heavy atom. The van der Waals surface area contributed by atoms with Crippen LogP contribution in [0, 0.1) is 11.3 Å². The Morgan fingerprint density at radius 1 is 1.16 bits per heavy atom. The quantitative estimate of drug-likeness (QED) is 0.623. The molecule has 3 aromatic rings. The predicted octanol–water partition coefficient (Wildman–Crippen LogP) is 3.44. The van der Waals surface area contributed by atoms with E-state index < -0.39 is 11.9 Å². The van der Waals surface area contributed by atoms with Crippen molar-refractivity contribution in [2.24, 2.45) is 5.73 Å². The molecule has 3 N–H and O–H groups in total. The maximum atomic E-state index is 12.3. The van der Waals surface area contributed by atoms with Crippen LogP contribution in [0.25, 0.3) is 11.4 Å². The summed E-state index contributed by atoms with van der Waals surface area (Å²) in [7, 11) is 0. The van der Waals surface area contributed by atoms with Gasteiger partial charge in [0.2, 0.25) is 11.9 Å². The molecule has 0 radical (unpaired) electrons. The van der Waals surface area contributed by atoms with Gasteiger partial charge in [0.25, 0.3) is 0 Å². The Bertz CT molecular complexity index is 1210. The molecule has 4 rings (SSSR count). The van der Waals surface area contributed by atoms with Gasteiger partial charge in [0.05, 0.1) is 17.2 Å². The second-order valence-corrected chi connectivity index (χ2v) is 7.59. The van der Waals surface area contributed by atoms with Crippen LogP contribution in [0.4, 0.5) is 11.6 Å². The normalized spacial score (nSPS) is 15.0. The molecule has 8 heteroatoms. The van der Waals surface area contributed by atoms with Crippen molar-refractivity contribution in [3.05, 3.63) is 70.9 Å². The van der Waals surface area contributed by atoms with E-state index in [-0.39, 0.29) is 0 Å². The third-order valence-corrected chi connectivity index (χ3v) is 5.73. The van der Waals surface area contributed by atoms with Crippen molar-refractivity contribution in [2.45, 2.75) is 26.8 Å². The highest BCUT2D eigenvalue weighted by Gasteiger charge is 2.33. The molecule has 32 heavy (non-hydrogen) atoms. The Kier molecular flexibility index (Phi) is 5.65. The van der Waals surface area contributed by atoms with Gasteiger partial charge in [0.15, 0.2) is 5.82 Å². The van der Waals surface area contributed by atoms with Crippen LogP contribution in [-0.4, -0.2) is 33.8 Å². The maximum Gasteiger partial charge on any atom is 0.248 e. The molecule has 2 heterocycles. The summed E-state index contributed by atoms with van der Waals surface area (Å²) in [5.41, 5.74) is 10.1. The number of fused-ring (bicyclic) bond motifs is 1. The number of nitrogens with one attached hydrogen (secondary N) is 1. The lowest BCUT2D eigenvalue weighted by molar-refractivity contribution is -0.115. The molecule has 1 aliphatic heterocycles. The van der Waals surface area contributed by atoms with Gasteiger partial charge in [-0.3, -0.25) is 4.79 Å². The minimum Gasteiger partial charge on any atom is -0.372 e. The van der Waals surface area contributed by atoms with E-state index in [1.807, 2.05) is 24.3 Å². The largest absolute Gasteiger partial charge is 0.372 e. The number of allylic oxidation sites excluding steroid dienone is 1. The lowest BCUT2D eigenvalue weighted by Gasteiger charge is -2.27. The topological polar surface area (TPSA) is 113 Å². The molecule has 1 aromatic heterocycles. The van der Waals surface area contributed by atoms with E-state index in [0.717, 1.165) is 29.9 Å². The van der Waals surface area contributed by atoms with E-state index in [0.29, 0.717) is 28.6 Å². The molecule has 1 unspecified atom stereocenters. The Hall–Kier alpha value is -4.12. The molecule has 2 aromatic carbocycles. The van der Waals surface area contributed by atoms with Crippen molar-refractivity contribution in [1.82, 2.24) is 14.8 Å². The average Bonchev–Trinajstić information content (AvgIpc) is 3.23. The van der Waals surface area contributed by atoms with Crippen molar-refractivity contribution in [1.29, 1.82) is 5.26 Å². The molecular weight excluding hydrogens is 402 g/mol. The second-order valence-electron chi connectivity index (χ2n) is 7.59. The molecule has 1 amide bonds. The standard InChI is InChI=1S/C24H25N7O/c1-4-30(5-2)19-12-10-18(11-13-19)23-28-24-27-15(3)20(22(26)32)21(31(24)29-23)17-8-6-16(14-25)7-9-17/h6-13,21H,4-5H2,1-3H3,(H2,26,32)(H,27,28,29). The number of nitriles is 1. The van der Waals surface area contributed by atoms with Crippen molar-refractivity contribution in [3.63, 3.8) is 0 Å². The van der Waals surface area contributed by atoms with Crippen LogP contribution in [0.3, 0.4) is 0 Å². The molecule has 162 valence electrons. The Balaban J connectivity index is 1.77. The first-order valence-corrected chi connectivity index (χ1v) is 10.6. The summed E-state index contributed by atoms with van der Waals surface area (Å²) in [5.74, 6) is 0.552. The third kappa shape index (κ3) is 3.69. The summed E-state index contributed by atoms with van der Waals surface area (Å²) in [6, 6.07) is 16.8. The fourth-order valence-electron chi connectivity index (χ4n) is 4.05. The van der Waals surface area contributed by atoms with Crippen LogP contribution in [-0.2, 0) is 4.79 Å². The van der Waals surface area contributed by atoms with E-state index in [1.54, 1.807) is 23.7 Å². The van der Waals surface area contributed by atoms with Gasteiger partial charge in [0, 0.05) is 30.0 Å². The fourth-order valence-corrected chi connectivity index (χ4v) is 4.05. The highest BCUT2D eigenvalue weighted by atomic mass is 16.1. The number of hydrogen-bond donors (Lipinski definition) is 2. The minimum absolute atomic E-state index is 0.413. The van der Waals surface area contributed by atoms with Gasteiger partial charge in [-0.05, 0) is 62.7 Å². The van der Waals surface area contributed by atoms with E-state index in [1.165, 1.54) is 0 Å². The van der Waals surface area contributed by atoms with E-state index in [9.17, 15) is 4.79 Å². The number of primary amides is 1. The number of nitrogens with zero attached hydrogens (tertiary/aromatic N) is 5. The smallest absolute Gasteiger partial charge is 0.248 e. The van der Waals surface area contributed by atoms with Gasteiger partial charge in [-0.25, -0.2) is 4.68 Å². The van der Waals surface area contributed by atoms with Crippen molar-refractivity contribution < 1.29 is 4.79 Å². The van der Waals surface area contributed by atoms with E-state index in [4.69, 9.17) is 16.1 Å². The molecule has 1 atom stereocenters. The van der Waals surface area contributed by atoms with Crippen LogP contribution in [0.15, 0.2) is 59.8 Å². The monoisotopic (exact) mass is 427 g/mol. The highest BCUT2D eigenvalue weighted by molar-refractivity contribution is 5.95. The number of amides is 1. The lowest BCUT2D eigenvalue weighted by Crippen LogP contribution is -2.31. The molecule has 0 bridgehead atoms. The first-order valence-electron chi connectivity index (χ1n) is 10.6. The highest BCUT2D eigenvalue weighted by Crippen LogP contribution is 2.36. The van der Waals surface area contributed by atoms with Crippen molar-refractivity contribution >= 4 is 17.5 Å². The summed E-state index contributed by atoms with van der Waals surface area (Å²) in [5, 5.41) is 17.0. The molecule has 0 saturated carbocycles. The summed E-state index contributed by atoms with van der Waals surface area (Å²) >= 11 is 0. The number of rotatable bonds is 6. The van der Waals surface area contributed by atoms with Crippen molar-refractivity contribution in [2.75, 3.05) is 23.3 Å². The Labute approximate surface area is 187 Å². The molecule has 0 saturated heterocycles. The number of aromatic nitrogens is 3. The first kappa shape index (κ1) is 21.1. The number of hydrogen-bond acceptors (Lipinski definition) is 6. The number of nitrogens with two attached hydrogens (primary N) is 1. The summed E-state index contributed by atoms with van der Waals surface area (Å²) in [6.45, 7) is 7.92. The number of benzene rings is 2. The van der Waals surface area contributed by atoms with E-state index in [2.05, 4.69) is 47.3 Å². The molecule has 0 spiro atoms. The molecule has 0 fully saturated rings. The van der Waals surface area contributed by atoms with Crippen molar-refractivity contribution in [3.8, 4) is 17.5 Å².